The van der Waals surface area contributed by atoms with Crippen molar-refractivity contribution in [3.05, 3.63) is 16.6 Å². The molecule has 0 amide bonds. The number of rotatable bonds is 2. The van der Waals surface area contributed by atoms with Crippen LogP contribution in [0.4, 0.5) is 0 Å². The van der Waals surface area contributed by atoms with Crippen LogP contribution in [0.15, 0.2) is 11.6 Å². The fraction of sp³-hybridized carbons (Fsp3) is 0.786. The maximum Gasteiger partial charge on any atom is 0.113 e. The third-order valence-electron chi connectivity index (χ3n) is 4.38. The summed E-state index contributed by atoms with van der Waals surface area (Å²) < 4.78 is 5.53. The largest absolute Gasteiger partial charge is 0.379 e. The molecular formula is C14H22N2OS. The van der Waals surface area contributed by atoms with Gasteiger partial charge in [0.05, 0.1) is 18.8 Å². The Balaban J connectivity index is 1.90. The molecule has 0 atom stereocenters. The van der Waals surface area contributed by atoms with E-state index in [4.69, 9.17) is 4.74 Å². The van der Waals surface area contributed by atoms with Gasteiger partial charge < -0.3 is 4.74 Å². The Morgan fingerprint density at radius 2 is 1.83 bits per heavy atom. The van der Waals surface area contributed by atoms with Gasteiger partial charge in [0.2, 0.25) is 0 Å². The first kappa shape index (κ1) is 12.6. The van der Waals surface area contributed by atoms with Gasteiger partial charge in [-0.05, 0) is 12.8 Å². The van der Waals surface area contributed by atoms with Crippen molar-refractivity contribution in [1.29, 1.82) is 0 Å². The molecule has 2 aliphatic rings. The predicted octanol–water partition coefficient (Wildman–Crippen LogP) is 3.02. The lowest BCUT2D eigenvalue weighted by Crippen LogP contribution is -2.51. The summed E-state index contributed by atoms with van der Waals surface area (Å²) in [7, 11) is 0. The molecule has 100 valence electrons. The normalized spacial score (nSPS) is 25.8. The highest BCUT2D eigenvalue weighted by molar-refractivity contribution is 7.09. The van der Waals surface area contributed by atoms with E-state index in [1.54, 1.807) is 0 Å². The zero-order valence-corrected chi connectivity index (χ0v) is 11.8. The second-order valence-corrected chi connectivity index (χ2v) is 6.28. The lowest BCUT2D eigenvalue weighted by molar-refractivity contribution is -0.0319. The summed E-state index contributed by atoms with van der Waals surface area (Å²) >= 11 is 1.84. The van der Waals surface area contributed by atoms with Crippen molar-refractivity contribution >= 4 is 11.3 Å². The number of nitrogens with zero attached hydrogens (tertiary/aromatic N) is 2. The van der Waals surface area contributed by atoms with Crippen molar-refractivity contribution in [2.45, 2.75) is 44.1 Å². The summed E-state index contributed by atoms with van der Waals surface area (Å²) in [6, 6.07) is 0. The highest BCUT2D eigenvalue weighted by atomic mass is 32.1. The molecule has 1 aromatic rings. The number of morpholine rings is 1. The second-order valence-electron chi connectivity index (χ2n) is 5.38. The SMILES string of the molecule is c1csc(C2(N3CCOCC3)CCCCCC2)n1. The smallest absolute Gasteiger partial charge is 0.113 e. The minimum atomic E-state index is 0.217. The summed E-state index contributed by atoms with van der Waals surface area (Å²) in [5.41, 5.74) is 0.217. The van der Waals surface area contributed by atoms with Crippen LogP contribution in [0.1, 0.15) is 43.5 Å². The van der Waals surface area contributed by atoms with Crippen LogP contribution < -0.4 is 0 Å². The van der Waals surface area contributed by atoms with Gasteiger partial charge in [-0.25, -0.2) is 4.98 Å². The molecule has 0 radical (unpaired) electrons. The molecule has 0 N–H and O–H groups in total. The molecule has 1 saturated carbocycles. The van der Waals surface area contributed by atoms with Crippen LogP contribution in [-0.4, -0.2) is 36.2 Å². The van der Waals surface area contributed by atoms with Crippen molar-refractivity contribution in [3.63, 3.8) is 0 Å². The van der Waals surface area contributed by atoms with Crippen molar-refractivity contribution in [2.75, 3.05) is 26.3 Å². The number of hydrogen-bond donors (Lipinski definition) is 0. The fourth-order valence-corrected chi connectivity index (χ4v) is 4.35. The zero-order valence-electron chi connectivity index (χ0n) is 10.9. The van der Waals surface area contributed by atoms with Gasteiger partial charge in [-0.15, -0.1) is 11.3 Å². The molecule has 2 fully saturated rings. The molecule has 3 nitrogen and oxygen atoms in total. The lowest BCUT2D eigenvalue weighted by atomic mass is 9.88. The number of ether oxygens (including phenoxy) is 1. The first-order chi connectivity index (χ1) is 8.92. The molecule has 0 spiro atoms. The van der Waals surface area contributed by atoms with E-state index in [9.17, 15) is 0 Å². The van der Waals surface area contributed by atoms with Crippen LogP contribution in [0.25, 0.3) is 0 Å². The van der Waals surface area contributed by atoms with E-state index in [0.717, 1.165) is 26.3 Å². The molecule has 3 rings (SSSR count). The van der Waals surface area contributed by atoms with Crippen molar-refractivity contribution in [1.82, 2.24) is 9.88 Å². The molecule has 1 aliphatic heterocycles. The molecule has 1 aliphatic carbocycles. The first-order valence-electron chi connectivity index (χ1n) is 7.15. The molecule has 0 bridgehead atoms. The summed E-state index contributed by atoms with van der Waals surface area (Å²) in [4.78, 5) is 7.32. The lowest BCUT2D eigenvalue weighted by Gasteiger charge is -2.44. The number of hydrogen-bond acceptors (Lipinski definition) is 4. The predicted molar refractivity (Wildman–Crippen MR) is 73.9 cm³/mol. The monoisotopic (exact) mass is 266 g/mol. The van der Waals surface area contributed by atoms with Crippen LogP contribution in [0.5, 0.6) is 0 Å². The minimum Gasteiger partial charge on any atom is -0.379 e. The van der Waals surface area contributed by atoms with Crippen LogP contribution in [0, 0.1) is 0 Å². The van der Waals surface area contributed by atoms with Gasteiger partial charge in [-0.1, -0.05) is 25.7 Å². The first-order valence-corrected chi connectivity index (χ1v) is 8.03. The zero-order chi connectivity index (χ0) is 12.3. The van der Waals surface area contributed by atoms with Gasteiger partial charge in [0.1, 0.15) is 5.01 Å². The molecule has 18 heavy (non-hydrogen) atoms. The van der Waals surface area contributed by atoms with Crippen molar-refractivity contribution in [2.24, 2.45) is 0 Å². The summed E-state index contributed by atoms with van der Waals surface area (Å²) in [6.07, 6.45) is 9.98. The van der Waals surface area contributed by atoms with E-state index in [-0.39, 0.29) is 5.54 Å². The van der Waals surface area contributed by atoms with E-state index >= 15 is 0 Å². The quantitative estimate of drug-likeness (QED) is 0.769. The Hall–Kier alpha value is -0.450. The molecule has 0 unspecified atom stereocenters. The van der Waals surface area contributed by atoms with Gasteiger partial charge in [0.25, 0.3) is 0 Å². The van der Waals surface area contributed by atoms with Crippen LogP contribution in [0.2, 0.25) is 0 Å². The van der Waals surface area contributed by atoms with E-state index in [2.05, 4.69) is 15.3 Å². The topological polar surface area (TPSA) is 25.4 Å². The van der Waals surface area contributed by atoms with Crippen LogP contribution >= 0.6 is 11.3 Å². The van der Waals surface area contributed by atoms with Crippen molar-refractivity contribution in [3.8, 4) is 0 Å². The van der Waals surface area contributed by atoms with Crippen LogP contribution in [-0.2, 0) is 10.3 Å². The third kappa shape index (κ3) is 2.33. The van der Waals surface area contributed by atoms with E-state index in [0.29, 0.717) is 0 Å². The highest BCUT2D eigenvalue weighted by Gasteiger charge is 2.41. The third-order valence-corrected chi connectivity index (χ3v) is 5.34. The Bertz CT molecular complexity index is 352. The highest BCUT2D eigenvalue weighted by Crippen LogP contribution is 2.42. The number of aromatic nitrogens is 1. The Morgan fingerprint density at radius 1 is 1.11 bits per heavy atom. The van der Waals surface area contributed by atoms with Crippen LogP contribution in [0.3, 0.4) is 0 Å². The standard InChI is InChI=1S/C14H22N2OS/c1-2-4-6-14(5-3-1,13-15-7-12-18-13)16-8-10-17-11-9-16/h7,12H,1-6,8-11H2. The van der Waals surface area contributed by atoms with Gasteiger partial charge in [0, 0.05) is 24.7 Å². The maximum absolute atomic E-state index is 5.53. The summed E-state index contributed by atoms with van der Waals surface area (Å²) in [5, 5.41) is 3.47. The molecular weight excluding hydrogens is 244 g/mol. The molecule has 2 heterocycles. The van der Waals surface area contributed by atoms with Gasteiger partial charge in [0.15, 0.2) is 0 Å². The average molecular weight is 266 g/mol. The Kier molecular flexibility index (Phi) is 3.97. The van der Waals surface area contributed by atoms with Crippen molar-refractivity contribution < 1.29 is 4.74 Å². The molecule has 1 aromatic heterocycles. The van der Waals surface area contributed by atoms with Gasteiger partial charge in [-0.3, -0.25) is 4.90 Å². The Morgan fingerprint density at radius 3 is 2.44 bits per heavy atom. The van der Waals surface area contributed by atoms with Gasteiger partial charge in [-0.2, -0.15) is 0 Å². The average Bonchev–Trinajstić information content (AvgIpc) is 2.85. The van der Waals surface area contributed by atoms with E-state index in [1.807, 2.05) is 17.5 Å². The summed E-state index contributed by atoms with van der Waals surface area (Å²) in [6.45, 7) is 3.90. The Labute approximate surface area is 113 Å². The van der Waals surface area contributed by atoms with E-state index < -0.39 is 0 Å². The number of thiazole rings is 1. The second kappa shape index (κ2) is 5.68. The summed E-state index contributed by atoms with van der Waals surface area (Å²) in [5.74, 6) is 0. The maximum atomic E-state index is 5.53. The molecule has 0 aromatic carbocycles. The van der Waals surface area contributed by atoms with Gasteiger partial charge >= 0.3 is 0 Å². The van der Waals surface area contributed by atoms with E-state index in [1.165, 1.54) is 43.5 Å². The fourth-order valence-electron chi connectivity index (χ4n) is 3.42. The molecule has 4 heteroatoms. The molecule has 1 saturated heterocycles. The minimum absolute atomic E-state index is 0.217.